The predicted molar refractivity (Wildman–Crippen MR) is 122 cm³/mol. The molecule has 0 fully saturated rings. The standard InChI is InChI=1S/C26H27FN2O3/c1-28-26(31)24(16-19-8-4-3-5-9-19)29(18-21-10-6-7-11-23(21)27)25(30)17-20-12-14-22(32-2)15-13-20/h3-15,24H,16-18H2,1-2H3,(H,28,31). The van der Waals surface area contributed by atoms with Gasteiger partial charge in [-0.1, -0.05) is 60.7 Å². The smallest absolute Gasteiger partial charge is 0.242 e. The minimum atomic E-state index is -0.784. The summed E-state index contributed by atoms with van der Waals surface area (Å²) in [6.45, 7) is -0.00736. The molecule has 3 aromatic carbocycles. The molecule has 0 saturated heterocycles. The van der Waals surface area contributed by atoms with Crippen LogP contribution in [0.3, 0.4) is 0 Å². The van der Waals surface area contributed by atoms with Gasteiger partial charge in [-0.25, -0.2) is 4.39 Å². The number of nitrogens with zero attached hydrogens (tertiary/aromatic N) is 1. The van der Waals surface area contributed by atoms with Crippen molar-refractivity contribution in [1.82, 2.24) is 10.2 Å². The summed E-state index contributed by atoms with van der Waals surface area (Å²) in [5.41, 5.74) is 2.05. The van der Waals surface area contributed by atoms with E-state index in [2.05, 4.69) is 5.32 Å². The molecule has 0 bridgehead atoms. The summed E-state index contributed by atoms with van der Waals surface area (Å²) in [5.74, 6) is -0.280. The van der Waals surface area contributed by atoms with Crippen LogP contribution in [0.2, 0.25) is 0 Å². The van der Waals surface area contributed by atoms with E-state index in [1.165, 1.54) is 18.0 Å². The van der Waals surface area contributed by atoms with Crippen LogP contribution < -0.4 is 10.1 Å². The number of amides is 2. The fourth-order valence-electron chi connectivity index (χ4n) is 3.55. The van der Waals surface area contributed by atoms with Gasteiger partial charge in [0, 0.05) is 25.6 Å². The van der Waals surface area contributed by atoms with Crippen LogP contribution in [0.5, 0.6) is 5.75 Å². The zero-order chi connectivity index (χ0) is 22.9. The molecular weight excluding hydrogens is 407 g/mol. The summed E-state index contributed by atoms with van der Waals surface area (Å²) in [5, 5.41) is 2.66. The van der Waals surface area contributed by atoms with Crippen molar-refractivity contribution >= 4 is 11.8 Å². The normalized spacial score (nSPS) is 11.5. The lowest BCUT2D eigenvalue weighted by Crippen LogP contribution is -2.50. The minimum absolute atomic E-state index is 0.00736. The van der Waals surface area contributed by atoms with Crippen molar-refractivity contribution in [2.45, 2.75) is 25.4 Å². The molecule has 1 atom stereocenters. The summed E-state index contributed by atoms with van der Waals surface area (Å²) < 4.78 is 19.6. The quantitative estimate of drug-likeness (QED) is 0.558. The fraction of sp³-hybridized carbons (Fsp3) is 0.231. The topological polar surface area (TPSA) is 58.6 Å². The van der Waals surface area contributed by atoms with Crippen molar-refractivity contribution < 1.29 is 18.7 Å². The van der Waals surface area contributed by atoms with Gasteiger partial charge in [0.1, 0.15) is 17.6 Å². The van der Waals surface area contributed by atoms with E-state index in [4.69, 9.17) is 4.74 Å². The average Bonchev–Trinajstić information content (AvgIpc) is 2.83. The van der Waals surface area contributed by atoms with E-state index in [0.717, 1.165) is 11.1 Å². The Morgan fingerprint density at radius 1 is 0.938 bits per heavy atom. The van der Waals surface area contributed by atoms with Crippen LogP contribution in [0.15, 0.2) is 78.9 Å². The van der Waals surface area contributed by atoms with Crippen molar-refractivity contribution in [3.8, 4) is 5.75 Å². The number of methoxy groups -OCH3 is 1. The Labute approximate surface area is 187 Å². The number of nitrogens with one attached hydrogen (secondary N) is 1. The predicted octanol–water partition coefficient (Wildman–Crippen LogP) is 3.76. The Hall–Kier alpha value is -3.67. The Morgan fingerprint density at radius 2 is 1.59 bits per heavy atom. The Balaban J connectivity index is 1.93. The molecule has 32 heavy (non-hydrogen) atoms. The molecule has 0 aromatic heterocycles. The molecule has 0 saturated carbocycles. The monoisotopic (exact) mass is 434 g/mol. The summed E-state index contributed by atoms with van der Waals surface area (Å²) in [6.07, 6.45) is 0.407. The second kappa shape index (κ2) is 11.1. The molecular formula is C26H27FN2O3. The van der Waals surface area contributed by atoms with Crippen LogP contribution in [0.4, 0.5) is 4.39 Å². The van der Waals surface area contributed by atoms with E-state index in [1.807, 2.05) is 42.5 Å². The van der Waals surface area contributed by atoms with Gasteiger partial charge in [0.25, 0.3) is 0 Å². The lowest BCUT2D eigenvalue weighted by Gasteiger charge is -2.31. The van der Waals surface area contributed by atoms with Gasteiger partial charge in [-0.3, -0.25) is 9.59 Å². The number of benzene rings is 3. The maximum atomic E-state index is 14.4. The van der Waals surface area contributed by atoms with E-state index in [-0.39, 0.29) is 24.8 Å². The third-order valence-corrected chi connectivity index (χ3v) is 5.33. The molecule has 3 aromatic rings. The highest BCUT2D eigenvalue weighted by Gasteiger charge is 2.30. The molecule has 0 heterocycles. The Kier molecular flexibility index (Phi) is 7.97. The molecule has 0 radical (unpaired) electrons. The molecule has 3 rings (SSSR count). The van der Waals surface area contributed by atoms with Crippen LogP contribution in [-0.4, -0.2) is 36.9 Å². The number of likely N-dealkylation sites (N-methyl/N-ethyl adjacent to an activating group) is 1. The van der Waals surface area contributed by atoms with Crippen LogP contribution in [0, 0.1) is 5.82 Å². The number of carbonyl (C=O) groups excluding carboxylic acids is 2. The minimum Gasteiger partial charge on any atom is -0.497 e. The second-order valence-electron chi connectivity index (χ2n) is 7.46. The molecule has 6 heteroatoms. The fourth-order valence-corrected chi connectivity index (χ4v) is 3.55. The van der Waals surface area contributed by atoms with E-state index in [9.17, 15) is 14.0 Å². The highest BCUT2D eigenvalue weighted by Crippen LogP contribution is 2.19. The first kappa shape index (κ1) is 23.0. The number of rotatable bonds is 9. The van der Waals surface area contributed by atoms with E-state index >= 15 is 0 Å². The van der Waals surface area contributed by atoms with Crippen LogP contribution >= 0.6 is 0 Å². The molecule has 5 nitrogen and oxygen atoms in total. The summed E-state index contributed by atoms with van der Waals surface area (Å²) in [7, 11) is 3.11. The summed E-state index contributed by atoms with van der Waals surface area (Å²) in [4.78, 5) is 27.8. The highest BCUT2D eigenvalue weighted by molar-refractivity contribution is 5.88. The van der Waals surface area contributed by atoms with Gasteiger partial charge in [-0.05, 0) is 29.3 Å². The van der Waals surface area contributed by atoms with E-state index in [0.29, 0.717) is 17.7 Å². The first-order valence-electron chi connectivity index (χ1n) is 10.4. The third kappa shape index (κ3) is 5.94. The summed E-state index contributed by atoms with van der Waals surface area (Å²) in [6, 6.07) is 22.2. The number of hydrogen-bond donors (Lipinski definition) is 1. The lowest BCUT2D eigenvalue weighted by atomic mass is 10.0. The van der Waals surface area contributed by atoms with Crippen molar-refractivity contribution in [3.63, 3.8) is 0 Å². The zero-order valence-corrected chi connectivity index (χ0v) is 18.3. The molecule has 2 amide bonds. The van der Waals surface area contributed by atoms with Crippen molar-refractivity contribution in [2.24, 2.45) is 0 Å². The van der Waals surface area contributed by atoms with Crippen molar-refractivity contribution in [3.05, 3.63) is 101 Å². The molecule has 1 unspecified atom stereocenters. The molecule has 0 aliphatic heterocycles. The summed E-state index contributed by atoms with van der Waals surface area (Å²) >= 11 is 0. The van der Waals surface area contributed by atoms with Gasteiger partial charge >= 0.3 is 0 Å². The average molecular weight is 435 g/mol. The number of carbonyl (C=O) groups is 2. The molecule has 0 spiro atoms. The largest absolute Gasteiger partial charge is 0.497 e. The zero-order valence-electron chi connectivity index (χ0n) is 18.3. The first-order valence-corrected chi connectivity index (χ1v) is 10.4. The van der Waals surface area contributed by atoms with Gasteiger partial charge in [0.2, 0.25) is 11.8 Å². The lowest BCUT2D eigenvalue weighted by molar-refractivity contribution is -0.140. The molecule has 1 N–H and O–H groups in total. The van der Waals surface area contributed by atoms with Gasteiger partial charge in [0.05, 0.1) is 13.5 Å². The van der Waals surface area contributed by atoms with Gasteiger partial charge in [0.15, 0.2) is 0 Å². The second-order valence-corrected chi connectivity index (χ2v) is 7.46. The maximum Gasteiger partial charge on any atom is 0.242 e. The number of ether oxygens (including phenoxy) is 1. The van der Waals surface area contributed by atoms with Crippen LogP contribution in [0.1, 0.15) is 16.7 Å². The number of halogens is 1. The SMILES string of the molecule is CNC(=O)C(Cc1ccccc1)N(Cc1ccccc1F)C(=O)Cc1ccc(OC)cc1. The third-order valence-electron chi connectivity index (χ3n) is 5.33. The van der Waals surface area contributed by atoms with Gasteiger partial charge in [-0.2, -0.15) is 0 Å². The molecule has 0 aliphatic rings. The van der Waals surface area contributed by atoms with Gasteiger partial charge in [-0.15, -0.1) is 0 Å². The highest BCUT2D eigenvalue weighted by atomic mass is 19.1. The van der Waals surface area contributed by atoms with Crippen molar-refractivity contribution in [2.75, 3.05) is 14.2 Å². The van der Waals surface area contributed by atoms with Crippen LogP contribution in [0.25, 0.3) is 0 Å². The molecule has 166 valence electrons. The number of hydrogen-bond acceptors (Lipinski definition) is 3. The Morgan fingerprint density at radius 3 is 2.22 bits per heavy atom. The van der Waals surface area contributed by atoms with E-state index < -0.39 is 11.9 Å². The van der Waals surface area contributed by atoms with E-state index in [1.54, 1.807) is 37.4 Å². The maximum absolute atomic E-state index is 14.4. The van der Waals surface area contributed by atoms with Crippen LogP contribution in [-0.2, 0) is 29.0 Å². The van der Waals surface area contributed by atoms with Gasteiger partial charge < -0.3 is 15.0 Å². The molecule has 0 aliphatic carbocycles. The Bertz CT molecular complexity index is 1040. The first-order chi connectivity index (χ1) is 15.5. The van der Waals surface area contributed by atoms with Crippen molar-refractivity contribution in [1.29, 1.82) is 0 Å².